The lowest BCUT2D eigenvalue weighted by Gasteiger charge is -2.37. The Morgan fingerprint density at radius 2 is 1.62 bits per heavy atom. The highest BCUT2D eigenvalue weighted by Gasteiger charge is 2.38. The molecule has 2 aromatic heterocycles. The predicted molar refractivity (Wildman–Crippen MR) is 194 cm³/mol. The number of nitrogens with one attached hydrogen (secondary N) is 1. The molecule has 0 saturated heterocycles. The highest BCUT2D eigenvalue weighted by Crippen LogP contribution is 2.29. The van der Waals surface area contributed by atoms with Crippen molar-refractivity contribution in [3.05, 3.63) is 130 Å². The monoisotopic (exact) mass is 702 g/mol. The summed E-state index contributed by atoms with van der Waals surface area (Å²) in [5.74, 6) is 0.754. The number of benzene rings is 3. The zero-order valence-electron chi connectivity index (χ0n) is 29.5. The van der Waals surface area contributed by atoms with Crippen molar-refractivity contribution in [2.75, 3.05) is 6.61 Å². The van der Waals surface area contributed by atoms with Gasteiger partial charge in [-0.2, -0.15) is 0 Å². The van der Waals surface area contributed by atoms with Gasteiger partial charge >= 0.3 is 11.8 Å². The lowest BCUT2D eigenvalue weighted by Crippen LogP contribution is -2.51. The van der Waals surface area contributed by atoms with Crippen LogP contribution in [-0.2, 0) is 35.7 Å². The van der Waals surface area contributed by atoms with E-state index in [9.17, 15) is 14.4 Å². The number of imidazole rings is 1. The number of aromatic nitrogens is 4. The van der Waals surface area contributed by atoms with E-state index in [0.29, 0.717) is 29.6 Å². The number of hydrogen-bond acceptors (Lipinski definition) is 8. The number of carbonyl (C=O) groups is 2. The van der Waals surface area contributed by atoms with Crippen molar-refractivity contribution in [3.63, 3.8) is 0 Å². The first-order valence-electron chi connectivity index (χ1n) is 17.5. The highest BCUT2D eigenvalue weighted by molar-refractivity contribution is 5.94. The third-order valence-corrected chi connectivity index (χ3v) is 8.85. The van der Waals surface area contributed by atoms with E-state index >= 15 is 0 Å². The highest BCUT2D eigenvalue weighted by atomic mass is 16.6. The second-order valence-corrected chi connectivity index (χ2v) is 14.0. The van der Waals surface area contributed by atoms with Crippen LogP contribution in [0.15, 0.2) is 102 Å². The van der Waals surface area contributed by atoms with Crippen molar-refractivity contribution in [1.29, 1.82) is 0 Å². The average molecular weight is 703 g/mol. The van der Waals surface area contributed by atoms with Gasteiger partial charge in [-0.05, 0) is 75.1 Å². The van der Waals surface area contributed by atoms with Crippen LogP contribution in [0.1, 0.15) is 60.9 Å². The molecule has 12 heteroatoms. The van der Waals surface area contributed by atoms with Gasteiger partial charge in [0.1, 0.15) is 17.0 Å². The number of carbonyl (C=O) groups excluding carboxylic acids is 2. The molecule has 3 heterocycles. The maximum atomic E-state index is 14.4. The first kappa shape index (κ1) is 34.7. The lowest BCUT2D eigenvalue weighted by atomic mass is 10.1. The molecule has 1 aliphatic carbocycles. The van der Waals surface area contributed by atoms with Crippen molar-refractivity contribution in [3.8, 4) is 22.8 Å². The Morgan fingerprint density at radius 3 is 2.33 bits per heavy atom. The number of ether oxygens (including phenoxy) is 3. The normalized spacial score (nSPS) is 15.5. The molecule has 1 unspecified atom stereocenters. The van der Waals surface area contributed by atoms with Gasteiger partial charge < -0.3 is 19.5 Å². The zero-order chi connectivity index (χ0) is 36.2. The Bertz CT molecular complexity index is 2090. The van der Waals surface area contributed by atoms with Gasteiger partial charge in [0.15, 0.2) is 5.82 Å². The first-order chi connectivity index (χ1) is 25.1. The van der Waals surface area contributed by atoms with Crippen LogP contribution in [0.3, 0.4) is 0 Å². The van der Waals surface area contributed by atoms with Crippen LogP contribution >= 0.6 is 0 Å². The molecular formula is C40H42N6O6. The number of hydrogen-bond donors (Lipinski definition) is 1. The molecule has 2 aliphatic rings. The quantitative estimate of drug-likeness (QED) is 0.180. The van der Waals surface area contributed by atoms with E-state index in [1.165, 1.54) is 4.57 Å². The van der Waals surface area contributed by atoms with Crippen LogP contribution < -0.4 is 15.7 Å². The minimum absolute atomic E-state index is 0.0451. The molecule has 1 fully saturated rings. The van der Waals surface area contributed by atoms with E-state index in [2.05, 4.69) is 15.3 Å². The van der Waals surface area contributed by atoms with Gasteiger partial charge in [0.2, 0.25) is 0 Å². The second-order valence-electron chi connectivity index (χ2n) is 14.0. The summed E-state index contributed by atoms with van der Waals surface area (Å²) < 4.78 is 20.9. The molecular weight excluding hydrogens is 660 g/mol. The number of rotatable bonds is 11. The van der Waals surface area contributed by atoms with E-state index in [0.717, 1.165) is 29.5 Å². The average Bonchev–Trinajstić information content (AvgIpc) is 3.92. The fourth-order valence-electron chi connectivity index (χ4n) is 6.22. The molecule has 7 rings (SSSR count). The fraction of sp³-hybridized carbons (Fsp3) is 0.325. The van der Waals surface area contributed by atoms with E-state index in [4.69, 9.17) is 14.2 Å². The molecule has 3 aromatic carbocycles. The summed E-state index contributed by atoms with van der Waals surface area (Å²) >= 11 is 0. The third-order valence-electron chi connectivity index (χ3n) is 8.85. The van der Waals surface area contributed by atoms with Crippen LogP contribution in [0.2, 0.25) is 0 Å². The number of nitrogens with zero attached hydrogens (tertiary/aromatic N) is 5. The van der Waals surface area contributed by atoms with Gasteiger partial charge in [-0.1, -0.05) is 54.6 Å². The van der Waals surface area contributed by atoms with Crippen LogP contribution in [0.25, 0.3) is 17.1 Å². The molecule has 1 N–H and O–H groups in total. The van der Waals surface area contributed by atoms with Gasteiger partial charge in [-0.15, -0.1) is 0 Å². The summed E-state index contributed by atoms with van der Waals surface area (Å²) in [6.07, 6.45) is 5.02. The maximum Gasteiger partial charge on any atom is 0.411 e. The topological polar surface area (TPSA) is 130 Å². The molecule has 12 nitrogen and oxygen atoms in total. The van der Waals surface area contributed by atoms with Crippen LogP contribution in [0, 0.1) is 0 Å². The summed E-state index contributed by atoms with van der Waals surface area (Å²) in [5.41, 5.74) is 2.43. The SMILES string of the molecule is CC(C)(C)OC(=O)N1Cc2c(C(=O)NCc3ccccc3-c3ncccn3)n(-c3ccc(OC4CC4)cc3)c(=O)n2CC1COCc1ccccc1. The van der Waals surface area contributed by atoms with Crippen molar-refractivity contribution in [2.45, 2.75) is 77.6 Å². The Balaban J connectivity index is 1.24. The molecule has 0 bridgehead atoms. The predicted octanol–water partition coefficient (Wildman–Crippen LogP) is 5.90. The second kappa shape index (κ2) is 14.8. The summed E-state index contributed by atoms with van der Waals surface area (Å²) in [4.78, 5) is 52.9. The van der Waals surface area contributed by atoms with E-state index in [1.807, 2.05) is 66.7 Å². The lowest BCUT2D eigenvalue weighted by molar-refractivity contribution is -0.0133. The fourth-order valence-corrected chi connectivity index (χ4v) is 6.22. The zero-order valence-corrected chi connectivity index (χ0v) is 29.5. The molecule has 1 aliphatic heterocycles. The first-order valence-corrected chi connectivity index (χ1v) is 17.5. The van der Waals surface area contributed by atoms with Crippen LogP contribution in [0.4, 0.5) is 4.79 Å². The minimum Gasteiger partial charge on any atom is -0.490 e. The molecule has 1 atom stereocenters. The largest absolute Gasteiger partial charge is 0.490 e. The Kier molecular flexibility index (Phi) is 9.90. The molecule has 0 radical (unpaired) electrons. The summed E-state index contributed by atoms with van der Waals surface area (Å²) in [6.45, 7) is 6.09. The van der Waals surface area contributed by atoms with Crippen molar-refractivity contribution in [1.82, 2.24) is 29.3 Å². The molecule has 268 valence electrons. The van der Waals surface area contributed by atoms with Crippen molar-refractivity contribution >= 4 is 12.0 Å². The molecule has 5 aromatic rings. The molecule has 1 saturated carbocycles. The standard InChI is InChI=1S/C40H42N6O6/c1-40(2,3)52-39(49)44-24-34-35(37(47)43-22-28-12-7-8-13-33(28)36-41-20-9-21-42-36)46(29-14-16-31(17-15-29)51-32-18-19-32)38(48)45(34)23-30(44)26-50-25-27-10-5-4-6-11-27/h4-17,20-21,30,32H,18-19,22-26H2,1-3H3,(H,43,47). The van der Waals surface area contributed by atoms with Gasteiger partial charge in [0.25, 0.3) is 5.91 Å². The number of amides is 2. The summed E-state index contributed by atoms with van der Waals surface area (Å²) in [7, 11) is 0. The van der Waals surface area contributed by atoms with Gasteiger partial charge in [0, 0.05) is 24.5 Å². The third kappa shape index (κ3) is 7.92. The van der Waals surface area contributed by atoms with Crippen LogP contribution in [-0.4, -0.2) is 60.4 Å². The molecule has 2 amide bonds. The van der Waals surface area contributed by atoms with Gasteiger partial charge in [-0.3, -0.25) is 18.8 Å². The van der Waals surface area contributed by atoms with E-state index in [1.54, 1.807) is 60.8 Å². The maximum absolute atomic E-state index is 14.4. The van der Waals surface area contributed by atoms with Gasteiger partial charge in [-0.25, -0.2) is 19.6 Å². The van der Waals surface area contributed by atoms with Crippen LogP contribution in [0.5, 0.6) is 5.75 Å². The Labute approximate surface area is 302 Å². The minimum atomic E-state index is -0.768. The summed E-state index contributed by atoms with van der Waals surface area (Å²) in [5, 5.41) is 3.04. The Morgan fingerprint density at radius 1 is 0.904 bits per heavy atom. The molecule has 0 spiro atoms. The molecule has 52 heavy (non-hydrogen) atoms. The van der Waals surface area contributed by atoms with Crippen molar-refractivity contribution < 1.29 is 23.8 Å². The van der Waals surface area contributed by atoms with Crippen molar-refractivity contribution in [2.24, 2.45) is 0 Å². The van der Waals surface area contributed by atoms with E-state index < -0.39 is 29.3 Å². The smallest absolute Gasteiger partial charge is 0.411 e. The number of fused-ring (bicyclic) bond motifs is 1. The summed E-state index contributed by atoms with van der Waals surface area (Å²) in [6, 6.07) is 25.7. The Hall–Kier alpha value is -5.75. The van der Waals surface area contributed by atoms with Gasteiger partial charge in [0.05, 0.1) is 49.8 Å². The van der Waals surface area contributed by atoms with E-state index in [-0.39, 0.29) is 38.0 Å².